The molecule has 0 saturated heterocycles. The number of aliphatic hydroxyl groups is 1. The number of fused-ring (bicyclic) bond motifs is 1. The summed E-state index contributed by atoms with van der Waals surface area (Å²) in [6.45, 7) is 4.22. The fourth-order valence-corrected chi connectivity index (χ4v) is 3.22. The van der Waals surface area contributed by atoms with Crippen LogP contribution in [0.5, 0.6) is 0 Å². The molecular formula is C18H24N4O3. The van der Waals surface area contributed by atoms with Crippen molar-refractivity contribution in [3.8, 4) is 0 Å². The van der Waals surface area contributed by atoms with Crippen molar-refractivity contribution >= 4 is 23.0 Å². The van der Waals surface area contributed by atoms with Crippen molar-refractivity contribution in [1.82, 2.24) is 20.1 Å². The Balaban J connectivity index is 1.71. The van der Waals surface area contributed by atoms with Crippen LogP contribution in [0.15, 0.2) is 23.1 Å². The maximum Gasteiger partial charge on any atom is 0.256 e. The lowest BCUT2D eigenvalue weighted by atomic mass is 10.0. The normalized spacial score (nSPS) is 17.0. The number of rotatable bonds is 5. The van der Waals surface area contributed by atoms with Crippen LogP contribution >= 0.6 is 0 Å². The van der Waals surface area contributed by atoms with Crippen LogP contribution in [-0.2, 0) is 4.79 Å². The molecule has 1 saturated carbocycles. The molecule has 3 rings (SSSR count). The lowest BCUT2D eigenvalue weighted by Gasteiger charge is -2.21. The lowest BCUT2D eigenvalue weighted by molar-refractivity contribution is -0.117. The van der Waals surface area contributed by atoms with Crippen LogP contribution in [0.2, 0.25) is 0 Å². The molecular weight excluding hydrogens is 320 g/mol. The molecule has 1 fully saturated rings. The third kappa shape index (κ3) is 3.82. The number of nitrogens with one attached hydrogen (secondary N) is 2. The van der Waals surface area contributed by atoms with Gasteiger partial charge in [0, 0.05) is 29.6 Å². The summed E-state index contributed by atoms with van der Waals surface area (Å²) in [4.78, 5) is 27.0. The van der Waals surface area contributed by atoms with Gasteiger partial charge in [0.15, 0.2) is 0 Å². The minimum absolute atomic E-state index is 0.140. The molecule has 25 heavy (non-hydrogen) atoms. The fourth-order valence-electron chi connectivity index (χ4n) is 3.22. The van der Waals surface area contributed by atoms with Crippen LogP contribution < -0.4 is 10.9 Å². The quantitative estimate of drug-likeness (QED) is 0.719. The molecule has 0 atom stereocenters. The first-order chi connectivity index (χ1) is 11.9. The van der Waals surface area contributed by atoms with E-state index in [1.807, 2.05) is 13.8 Å². The van der Waals surface area contributed by atoms with Gasteiger partial charge in [-0.05, 0) is 38.8 Å². The summed E-state index contributed by atoms with van der Waals surface area (Å²) >= 11 is 0. The summed E-state index contributed by atoms with van der Waals surface area (Å²) in [5.41, 5.74) is 0.00894. The van der Waals surface area contributed by atoms with Gasteiger partial charge in [-0.2, -0.15) is 5.10 Å². The van der Waals surface area contributed by atoms with Gasteiger partial charge in [0.1, 0.15) is 5.65 Å². The molecule has 1 aliphatic rings. The molecule has 2 aromatic rings. The van der Waals surface area contributed by atoms with Crippen molar-refractivity contribution in [3.63, 3.8) is 0 Å². The van der Waals surface area contributed by atoms with Gasteiger partial charge in [0.05, 0.1) is 11.8 Å². The number of aromatic nitrogens is 3. The number of hydrogen-bond donors (Lipinski definition) is 3. The van der Waals surface area contributed by atoms with Gasteiger partial charge >= 0.3 is 0 Å². The van der Waals surface area contributed by atoms with Gasteiger partial charge in [-0.25, -0.2) is 4.68 Å². The number of carbonyl (C=O) groups excluding carboxylic acids is 1. The summed E-state index contributed by atoms with van der Waals surface area (Å²) in [5, 5.41) is 18.0. The monoisotopic (exact) mass is 344 g/mol. The number of amides is 1. The fraction of sp³-hybridized carbons (Fsp3) is 0.500. The van der Waals surface area contributed by atoms with E-state index in [0.717, 1.165) is 18.2 Å². The topological polar surface area (TPSA) is 100 Å². The molecule has 2 heterocycles. The third-order valence-corrected chi connectivity index (χ3v) is 4.66. The highest BCUT2D eigenvalue weighted by molar-refractivity contribution is 5.92. The Morgan fingerprint density at radius 3 is 2.88 bits per heavy atom. The Labute approximate surface area is 145 Å². The molecule has 0 unspecified atom stereocenters. The average Bonchev–Trinajstić information content (AvgIpc) is 3.17. The Hall–Kier alpha value is -2.41. The first-order valence-electron chi connectivity index (χ1n) is 8.67. The van der Waals surface area contributed by atoms with Crippen LogP contribution in [-0.4, -0.2) is 37.9 Å². The van der Waals surface area contributed by atoms with E-state index in [1.165, 1.54) is 12.2 Å². The zero-order chi connectivity index (χ0) is 18.0. The molecule has 3 N–H and O–H groups in total. The number of nitrogens with zero attached hydrogens (tertiary/aromatic N) is 2. The zero-order valence-corrected chi connectivity index (χ0v) is 14.6. The predicted octanol–water partition coefficient (Wildman–Crippen LogP) is 1.74. The highest BCUT2D eigenvalue weighted by Crippen LogP contribution is 2.28. The number of aromatic amines is 1. The molecule has 1 aliphatic carbocycles. The van der Waals surface area contributed by atoms with Gasteiger partial charge in [-0.3, -0.25) is 9.59 Å². The van der Waals surface area contributed by atoms with E-state index in [4.69, 9.17) is 0 Å². The van der Waals surface area contributed by atoms with Gasteiger partial charge in [-0.15, -0.1) is 0 Å². The van der Waals surface area contributed by atoms with Crippen molar-refractivity contribution in [1.29, 1.82) is 0 Å². The number of hydrogen-bond acceptors (Lipinski definition) is 4. The molecule has 0 radical (unpaired) electrons. The van der Waals surface area contributed by atoms with E-state index in [-0.39, 0.29) is 24.1 Å². The van der Waals surface area contributed by atoms with Crippen LogP contribution in [0, 0.1) is 0 Å². The Kier molecular flexibility index (Phi) is 4.76. The maximum atomic E-state index is 12.2. The Morgan fingerprint density at radius 1 is 1.48 bits per heavy atom. The molecule has 7 heteroatoms. The standard InChI is InChI=1S/C18H24N4O3/c1-12(2)22-16-14(10-20-22)9-13(17(24)21-16)5-6-15(23)19-11-18(25)7-3-4-8-18/h5-6,9-10,12,25H,3-4,7-8,11H2,1-2H3,(H,19,23)(H,21,24)/b6-5+. The third-order valence-electron chi connectivity index (χ3n) is 4.66. The molecule has 0 aromatic carbocycles. The summed E-state index contributed by atoms with van der Waals surface area (Å²) < 4.78 is 1.75. The molecule has 7 nitrogen and oxygen atoms in total. The van der Waals surface area contributed by atoms with Gasteiger partial charge < -0.3 is 15.4 Å². The van der Waals surface area contributed by atoms with E-state index in [2.05, 4.69) is 15.4 Å². The first kappa shape index (κ1) is 17.4. The largest absolute Gasteiger partial charge is 0.388 e. The Bertz CT molecular complexity index is 857. The van der Waals surface area contributed by atoms with E-state index in [9.17, 15) is 14.7 Å². The second-order valence-corrected chi connectivity index (χ2v) is 7.02. The zero-order valence-electron chi connectivity index (χ0n) is 14.6. The van der Waals surface area contributed by atoms with Crippen molar-refractivity contribution in [2.24, 2.45) is 0 Å². The molecule has 2 aromatic heterocycles. The summed E-state index contributed by atoms with van der Waals surface area (Å²) in [6, 6.07) is 1.86. The highest BCUT2D eigenvalue weighted by Gasteiger charge is 2.30. The first-order valence-corrected chi connectivity index (χ1v) is 8.67. The molecule has 0 bridgehead atoms. The number of carbonyl (C=O) groups is 1. The van der Waals surface area contributed by atoms with Gasteiger partial charge in [-0.1, -0.05) is 12.8 Å². The second kappa shape index (κ2) is 6.84. The van der Waals surface area contributed by atoms with Crippen molar-refractivity contribution in [2.45, 2.75) is 51.2 Å². The van der Waals surface area contributed by atoms with E-state index >= 15 is 0 Å². The summed E-state index contributed by atoms with van der Waals surface area (Å²) in [5.74, 6) is -0.322. The van der Waals surface area contributed by atoms with Gasteiger partial charge in [0.2, 0.25) is 5.91 Å². The summed E-state index contributed by atoms with van der Waals surface area (Å²) in [7, 11) is 0. The maximum absolute atomic E-state index is 12.2. The minimum atomic E-state index is -0.786. The van der Waals surface area contributed by atoms with E-state index < -0.39 is 5.60 Å². The molecule has 0 spiro atoms. The molecule has 0 aliphatic heterocycles. The number of pyridine rings is 1. The predicted molar refractivity (Wildman–Crippen MR) is 96.2 cm³/mol. The van der Waals surface area contributed by atoms with Crippen LogP contribution in [0.25, 0.3) is 17.1 Å². The van der Waals surface area contributed by atoms with Crippen molar-refractivity contribution in [2.75, 3.05) is 6.54 Å². The lowest BCUT2D eigenvalue weighted by Crippen LogP contribution is -2.40. The number of H-pyrrole nitrogens is 1. The average molecular weight is 344 g/mol. The van der Waals surface area contributed by atoms with Crippen LogP contribution in [0.1, 0.15) is 51.1 Å². The van der Waals surface area contributed by atoms with Gasteiger partial charge in [0.25, 0.3) is 5.56 Å². The second-order valence-electron chi connectivity index (χ2n) is 7.02. The smallest absolute Gasteiger partial charge is 0.256 e. The highest BCUT2D eigenvalue weighted by atomic mass is 16.3. The minimum Gasteiger partial charge on any atom is -0.388 e. The molecule has 1 amide bonds. The Morgan fingerprint density at radius 2 is 2.20 bits per heavy atom. The van der Waals surface area contributed by atoms with E-state index in [1.54, 1.807) is 16.9 Å². The van der Waals surface area contributed by atoms with Crippen molar-refractivity contribution in [3.05, 3.63) is 34.3 Å². The summed E-state index contributed by atoms with van der Waals surface area (Å²) in [6.07, 6.45) is 7.91. The SMILES string of the molecule is CC(C)n1ncc2cc(/C=C/C(=O)NCC3(O)CCCC3)c(=O)[nH]c21. The van der Waals surface area contributed by atoms with Crippen molar-refractivity contribution < 1.29 is 9.90 Å². The van der Waals surface area contributed by atoms with Crippen LogP contribution in [0.3, 0.4) is 0 Å². The van der Waals surface area contributed by atoms with Crippen LogP contribution in [0.4, 0.5) is 0 Å². The molecule has 134 valence electrons. The van der Waals surface area contributed by atoms with E-state index in [0.29, 0.717) is 24.1 Å².